The normalized spacial score (nSPS) is 13.3. The average molecular weight is 648 g/mol. The molecule has 10 aromatic rings. The highest BCUT2D eigenvalue weighted by Gasteiger charge is 2.19. The number of benzene rings is 7. The largest absolute Gasteiger partial charge is 0.456 e. The van der Waals surface area contributed by atoms with E-state index in [1.54, 1.807) is 24.3 Å². The van der Waals surface area contributed by atoms with Gasteiger partial charge in [0.15, 0.2) is 17.5 Å². The van der Waals surface area contributed by atoms with Crippen LogP contribution in [0.25, 0.3) is 100 Å². The molecule has 0 atom stereocenters. The Balaban J connectivity index is 1.27. The van der Waals surface area contributed by atoms with Crippen LogP contribution < -0.4 is 0 Å². The van der Waals surface area contributed by atoms with Crippen LogP contribution in [-0.4, -0.2) is 15.0 Å². The van der Waals surface area contributed by atoms with Gasteiger partial charge in [0.25, 0.3) is 0 Å². The molecule has 5 heteroatoms. The van der Waals surface area contributed by atoms with Gasteiger partial charge in [-0.1, -0.05) is 127 Å². The second-order valence-electron chi connectivity index (χ2n) is 11.9. The SMILES string of the molecule is [2H]c1c([2H])c(-c2ccccc2)c2c(oc3c([2H])c(-c4nc(-c5cccc(-c6ccccc6)c5)nc(-c5cccc6oc7ccccc7c56)n4)c([2H])c([2H])c32)c1[2H]. The zero-order valence-corrected chi connectivity index (χ0v) is 26.3. The molecule has 0 aliphatic heterocycles. The van der Waals surface area contributed by atoms with E-state index in [4.69, 9.17) is 27.9 Å². The van der Waals surface area contributed by atoms with Crippen LogP contribution in [-0.2, 0) is 0 Å². The van der Waals surface area contributed by atoms with Crippen molar-refractivity contribution in [2.75, 3.05) is 0 Å². The van der Waals surface area contributed by atoms with Crippen LogP contribution in [0.4, 0.5) is 0 Å². The van der Waals surface area contributed by atoms with Crippen molar-refractivity contribution in [3.8, 4) is 56.4 Å². The summed E-state index contributed by atoms with van der Waals surface area (Å²) in [5.41, 5.74) is 5.34. The number of furan rings is 2. The van der Waals surface area contributed by atoms with Crippen LogP contribution in [0.5, 0.6) is 0 Å². The van der Waals surface area contributed by atoms with Gasteiger partial charge in [0.2, 0.25) is 0 Å². The van der Waals surface area contributed by atoms with Gasteiger partial charge in [-0.3, -0.25) is 0 Å². The molecule has 0 saturated carbocycles. The molecule has 3 heterocycles. The van der Waals surface area contributed by atoms with Crippen molar-refractivity contribution in [2.45, 2.75) is 0 Å². The number of rotatable bonds is 5. The van der Waals surface area contributed by atoms with Crippen LogP contribution >= 0.6 is 0 Å². The maximum atomic E-state index is 9.54. The van der Waals surface area contributed by atoms with Crippen LogP contribution in [0.3, 0.4) is 0 Å². The number of para-hydroxylation sites is 1. The number of fused-ring (bicyclic) bond motifs is 6. The number of aromatic nitrogens is 3. The molecule has 0 saturated heterocycles. The van der Waals surface area contributed by atoms with Crippen molar-refractivity contribution < 1.29 is 17.1 Å². The van der Waals surface area contributed by atoms with Gasteiger partial charge in [-0.2, -0.15) is 0 Å². The lowest BCUT2D eigenvalue weighted by Crippen LogP contribution is -2.00. The molecule has 5 nitrogen and oxygen atoms in total. The Morgan fingerprint density at radius 3 is 1.90 bits per heavy atom. The molecule has 0 unspecified atom stereocenters. The monoisotopic (exact) mass is 647 g/mol. The minimum atomic E-state index is -0.342. The predicted octanol–water partition coefficient (Wildman–Crippen LogP) is 12.0. The van der Waals surface area contributed by atoms with Crippen molar-refractivity contribution in [2.24, 2.45) is 0 Å². The van der Waals surface area contributed by atoms with Crippen molar-refractivity contribution in [3.63, 3.8) is 0 Å². The summed E-state index contributed by atoms with van der Waals surface area (Å²) < 4.78 is 67.0. The van der Waals surface area contributed by atoms with Crippen LogP contribution in [0.1, 0.15) is 8.22 Å². The molecule has 0 bridgehead atoms. The van der Waals surface area contributed by atoms with Gasteiger partial charge >= 0.3 is 0 Å². The Bertz CT molecular complexity index is 3220. The smallest absolute Gasteiger partial charge is 0.164 e. The first-order chi connectivity index (χ1) is 27.3. The molecule has 50 heavy (non-hydrogen) atoms. The van der Waals surface area contributed by atoms with Crippen LogP contribution in [0, 0.1) is 0 Å². The summed E-state index contributed by atoms with van der Waals surface area (Å²) >= 11 is 0. The van der Waals surface area contributed by atoms with Crippen molar-refractivity contribution >= 4 is 43.9 Å². The van der Waals surface area contributed by atoms with E-state index in [0.717, 1.165) is 21.9 Å². The summed E-state index contributed by atoms with van der Waals surface area (Å²) in [6.45, 7) is 0. The maximum Gasteiger partial charge on any atom is 0.164 e. The maximum absolute atomic E-state index is 9.54. The highest BCUT2D eigenvalue weighted by molar-refractivity contribution is 6.13. The number of hydrogen-bond donors (Lipinski definition) is 0. The third kappa shape index (κ3) is 4.67. The molecular weight excluding hydrogens is 615 g/mol. The van der Waals surface area contributed by atoms with E-state index >= 15 is 0 Å². The Hall–Kier alpha value is -6.85. The summed E-state index contributed by atoms with van der Waals surface area (Å²) in [6, 6.07) is 38.3. The van der Waals surface area contributed by atoms with E-state index in [0.29, 0.717) is 39.2 Å². The van der Waals surface area contributed by atoms with Gasteiger partial charge in [-0.05, 0) is 58.6 Å². The third-order valence-electron chi connectivity index (χ3n) is 8.87. The van der Waals surface area contributed by atoms with E-state index in [2.05, 4.69) is 0 Å². The van der Waals surface area contributed by atoms with E-state index in [1.165, 1.54) is 0 Å². The van der Waals surface area contributed by atoms with Crippen LogP contribution in [0.15, 0.2) is 172 Å². The quantitative estimate of drug-likeness (QED) is 0.186. The molecule has 7 aromatic carbocycles. The van der Waals surface area contributed by atoms with Gasteiger partial charge in [0.1, 0.15) is 22.3 Å². The fourth-order valence-corrected chi connectivity index (χ4v) is 6.55. The fraction of sp³-hybridized carbons (Fsp3) is 0. The fourth-order valence-electron chi connectivity index (χ4n) is 6.55. The summed E-state index contributed by atoms with van der Waals surface area (Å²) in [5.74, 6) is 0.558. The molecule has 234 valence electrons. The van der Waals surface area contributed by atoms with Gasteiger partial charge in [0, 0.05) is 38.2 Å². The summed E-state index contributed by atoms with van der Waals surface area (Å²) in [4.78, 5) is 14.8. The lowest BCUT2D eigenvalue weighted by Gasteiger charge is -2.10. The standard InChI is InChI=1S/C45H27N3O2/c1-3-12-28(13-4-1)30-16-9-17-31(26-30)43-46-44(48-45(47-43)36-20-11-23-39-42(36)34-18-7-8-21-37(34)49-39)32-24-25-35-40(27-32)50-38-22-10-19-33(41(35)38)29-14-5-2-6-15-29/h1-27H/i10D,19D,22D,24D,25D,27D. The lowest BCUT2D eigenvalue weighted by atomic mass is 9.99. The molecule has 10 rings (SSSR count). The zero-order chi connectivity index (χ0) is 38.2. The first kappa shape index (κ1) is 22.7. The lowest BCUT2D eigenvalue weighted by molar-refractivity contribution is 0.668. The highest BCUT2D eigenvalue weighted by atomic mass is 16.3. The summed E-state index contributed by atoms with van der Waals surface area (Å²) in [6.07, 6.45) is 0. The van der Waals surface area contributed by atoms with Gasteiger partial charge in [-0.25, -0.2) is 15.0 Å². The highest BCUT2D eigenvalue weighted by Crippen LogP contribution is 2.40. The molecule has 0 amide bonds. The zero-order valence-electron chi connectivity index (χ0n) is 32.3. The van der Waals surface area contributed by atoms with E-state index in [9.17, 15) is 4.11 Å². The summed E-state index contributed by atoms with van der Waals surface area (Å²) in [5, 5.41) is 2.02. The molecule has 0 aliphatic rings. The topological polar surface area (TPSA) is 65.0 Å². The molecule has 0 aliphatic carbocycles. The van der Waals surface area contributed by atoms with Crippen LogP contribution in [0.2, 0.25) is 0 Å². The van der Waals surface area contributed by atoms with E-state index in [-0.39, 0.29) is 75.4 Å². The summed E-state index contributed by atoms with van der Waals surface area (Å²) in [7, 11) is 0. The van der Waals surface area contributed by atoms with Gasteiger partial charge in [-0.15, -0.1) is 0 Å². The third-order valence-corrected chi connectivity index (χ3v) is 8.87. The van der Waals surface area contributed by atoms with Crippen molar-refractivity contribution in [1.29, 1.82) is 0 Å². The molecule has 0 fully saturated rings. The van der Waals surface area contributed by atoms with Gasteiger partial charge in [0.05, 0.1) is 8.22 Å². The van der Waals surface area contributed by atoms with Gasteiger partial charge < -0.3 is 8.83 Å². The molecule has 0 radical (unpaired) electrons. The Morgan fingerprint density at radius 1 is 0.400 bits per heavy atom. The van der Waals surface area contributed by atoms with Crippen molar-refractivity contribution in [3.05, 3.63) is 164 Å². The predicted molar refractivity (Wildman–Crippen MR) is 202 cm³/mol. The minimum absolute atomic E-state index is 0.0116. The molecule has 0 N–H and O–H groups in total. The Morgan fingerprint density at radius 2 is 1.04 bits per heavy atom. The van der Waals surface area contributed by atoms with E-state index in [1.807, 2.05) is 103 Å². The van der Waals surface area contributed by atoms with E-state index < -0.39 is 0 Å². The Labute approximate surface area is 295 Å². The number of hydrogen-bond acceptors (Lipinski definition) is 5. The first-order valence-corrected chi connectivity index (χ1v) is 16.1. The van der Waals surface area contributed by atoms with Crippen molar-refractivity contribution in [1.82, 2.24) is 15.0 Å². The number of nitrogens with zero attached hydrogens (tertiary/aromatic N) is 3. The second-order valence-corrected chi connectivity index (χ2v) is 11.9. The minimum Gasteiger partial charge on any atom is -0.456 e. The molecule has 3 aromatic heterocycles. The Kier molecular flexibility index (Phi) is 5.17. The second kappa shape index (κ2) is 11.4. The molecular formula is C45H27N3O2. The average Bonchev–Trinajstić information content (AvgIpc) is 3.83. The molecule has 0 spiro atoms. The first-order valence-electron chi connectivity index (χ1n) is 19.1.